The molecule has 2 heterocycles. The molecule has 0 amide bonds. The van der Waals surface area contributed by atoms with Crippen molar-refractivity contribution >= 4 is 11.3 Å². The Morgan fingerprint density at radius 3 is 2.94 bits per heavy atom. The van der Waals surface area contributed by atoms with Crippen molar-refractivity contribution in [3.63, 3.8) is 0 Å². The van der Waals surface area contributed by atoms with Gasteiger partial charge < -0.3 is 10.3 Å². The molecule has 0 aliphatic rings. The van der Waals surface area contributed by atoms with E-state index < -0.39 is 0 Å². The molecule has 2 aromatic rings. The highest BCUT2D eigenvalue weighted by Gasteiger charge is 2.11. The van der Waals surface area contributed by atoms with E-state index in [1.54, 1.807) is 11.3 Å². The Labute approximate surface area is 104 Å². The van der Waals surface area contributed by atoms with Crippen molar-refractivity contribution in [2.75, 3.05) is 0 Å². The van der Waals surface area contributed by atoms with Crippen LogP contribution in [0.5, 0.6) is 0 Å². The molecule has 17 heavy (non-hydrogen) atoms. The summed E-state index contributed by atoms with van der Waals surface area (Å²) in [6.07, 6.45) is 2.16. The van der Waals surface area contributed by atoms with Crippen molar-refractivity contribution < 1.29 is 4.52 Å². The first-order valence-electron chi connectivity index (χ1n) is 5.65. The van der Waals surface area contributed by atoms with E-state index in [1.807, 2.05) is 19.2 Å². The van der Waals surface area contributed by atoms with Crippen molar-refractivity contribution in [3.05, 3.63) is 27.8 Å². The lowest BCUT2D eigenvalue weighted by Crippen LogP contribution is -2.21. The summed E-state index contributed by atoms with van der Waals surface area (Å²) in [7, 11) is 0. The van der Waals surface area contributed by atoms with E-state index in [0.717, 1.165) is 17.1 Å². The Morgan fingerprint density at radius 2 is 2.29 bits per heavy atom. The number of nitrogens with zero attached hydrogens (tertiary/aromatic N) is 3. The van der Waals surface area contributed by atoms with E-state index in [0.29, 0.717) is 24.6 Å². The van der Waals surface area contributed by atoms with Gasteiger partial charge in [0.15, 0.2) is 5.82 Å². The smallest absolute Gasteiger partial charge is 0.228 e. The van der Waals surface area contributed by atoms with Crippen LogP contribution in [-0.4, -0.2) is 21.2 Å². The third-order valence-corrected chi connectivity index (χ3v) is 3.30. The Hall–Kier alpha value is -1.27. The first-order chi connectivity index (χ1) is 8.17. The normalized spacial score (nSPS) is 12.9. The third-order valence-electron chi connectivity index (χ3n) is 2.48. The largest absolute Gasteiger partial charge is 0.339 e. The summed E-state index contributed by atoms with van der Waals surface area (Å²) < 4.78 is 5.15. The molecule has 0 aliphatic carbocycles. The van der Waals surface area contributed by atoms with E-state index in [-0.39, 0.29) is 6.04 Å². The highest BCUT2D eigenvalue weighted by atomic mass is 32.1. The molecule has 92 valence electrons. The van der Waals surface area contributed by atoms with Crippen LogP contribution in [0.2, 0.25) is 0 Å². The molecule has 2 N–H and O–H groups in total. The van der Waals surface area contributed by atoms with Crippen molar-refractivity contribution in [3.8, 4) is 0 Å². The van der Waals surface area contributed by atoms with Crippen LogP contribution in [0.25, 0.3) is 0 Å². The molecule has 0 saturated heterocycles. The van der Waals surface area contributed by atoms with Gasteiger partial charge in [0, 0.05) is 17.8 Å². The van der Waals surface area contributed by atoms with Crippen LogP contribution in [0.4, 0.5) is 0 Å². The molecule has 0 spiro atoms. The van der Waals surface area contributed by atoms with Crippen LogP contribution in [-0.2, 0) is 12.8 Å². The molecule has 2 rings (SSSR count). The summed E-state index contributed by atoms with van der Waals surface area (Å²) in [6.45, 7) is 4.02. The molecule has 0 bridgehead atoms. The fourth-order valence-corrected chi connectivity index (χ4v) is 2.08. The van der Waals surface area contributed by atoms with E-state index in [4.69, 9.17) is 10.3 Å². The number of rotatable bonds is 5. The van der Waals surface area contributed by atoms with Gasteiger partial charge in [0.05, 0.1) is 17.1 Å². The lowest BCUT2D eigenvalue weighted by atomic mass is 10.2. The minimum Gasteiger partial charge on any atom is -0.339 e. The number of aromatic nitrogens is 3. The fraction of sp³-hybridized carbons (Fsp3) is 0.545. The van der Waals surface area contributed by atoms with Crippen LogP contribution in [0.15, 0.2) is 9.90 Å². The molecular formula is C11H16N4OS. The first-order valence-corrected chi connectivity index (χ1v) is 6.53. The zero-order chi connectivity index (χ0) is 12.3. The van der Waals surface area contributed by atoms with Gasteiger partial charge in [-0.05, 0) is 13.3 Å². The van der Waals surface area contributed by atoms with Gasteiger partial charge in [-0.2, -0.15) is 4.98 Å². The second-order valence-electron chi connectivity index (χ2n) is 4.01. The van der Waals surface area contributed by atoms with E-state index in [1.165, 1.54) is 0 Å². The van der Waals surface area contributed by atoms with Crippen LogP contribution in [0.1, 0.15) is 35.8 Å². The Balaban J connectivity index is 1.98. The summed E-state index contributed by atoms with van der Waals surface area (Å²) in [4.78, 5) is 8.67. The molecule has 0 aromatic carbocycles. The van der Waals surface area contributed by atoms with Crippen LogP contribution in [0.3, 0.4) is 0 Å². The van der Waals surface area contributed by atoms with Crippen LogP contribution < -0.4 is 5.73 Å². The van der Waals surface area contributed by atoms with Gasteiger partial charge in [0.2, 0.25) is 5.89 Å². The number of aryl methyl sites for hydroxylation is 1. The van der Waals surface area contributed by atoms with Gasteiger partial charge >= 0.3 is 0 Å². The lowest BCUT2D eigenvalue weighted by Gasteiger charge is -2.02. The maximum absolute atomic E-state index is 5.83. The maximum Gasteiger partial charge on any atom is 0.228 e. The van der Waals surface area contributed by atoms with Crippen LogP contribution in [0, 0.1) is 6.92 Å². The zero-order valence-electron chi connectivity index (χ0n) is 10.0. The van der Waals surface area contributed by atoms with Gasteiger partial charge in [-0.1, -0.05) is 12.1 Å². The highest BCUT2D eigenvalue weighted by molar-refractivity contribution is 7.09. The minimum atomic E-state index is 0.0878. The second-order valence-corrected chi connectivity index (χ2v) is 5.07. The van der Waals surface area contributed by atoms with Crippen molar-refractivity contribution in [1.82, 2.24) is 15.1 Å². The van der Waals surface area contributed by atoms with E-state index >= 15 is 0 Å². The summed E-state index contributed by atoms with van der Waals surface area (Å²) in [5, 5.41) is 7.00. The minimum absolute atomic E-state index is 0.0878. The Bertz CT molecular complexity index is 479. The average Bonchev–Trinajstić information content (AvgIpc) is 2.89. The van der Waals surface area contributed by atoms with Crippen LogP contribution >= 0.6 is 11.3 Å². The highest BCUT2D eigenvalue weighted by Crippen LogP contribution is 2.12. The number of hydrogen-bond donors (Lipinski definition) is 1. The summed E-state index contributed by atoms with van der Waals surface area (Å²) in [5.74, 6) is 1.29. The molecular weight excluding hydrogens is 236 g/mol. The van der Waals surface area contributed by atoms with E-state index in [9.17, 15) is 0 Å². The predicted octanol–water partition coefficient (Wildman–Crippen LogP) is 1.71. The fourth-order valence-electron chi connectivity index (χ4n) is 1.46. The molecule has 6 heteroatoms. The molecule has 1 unspecified atom stereocenters. The SMILES string of the molecule is CCC(N)Cc1nc(Cc2csc(C)n2)no1. The standard InChI is InChI=1S/C11H16N4OS/c1-3-8(12)4-11-14-10(15-16-11)5-9-6-17-7(2)13-9/h6,8H,3-5,12H2,1-2H3. The van der Waals surface area contributed by atoms with Crippen molar-refractivity contribution in [2.45, 2.75) is 39.2 Å². The molecule has 0 fully saturated rings. The van der Waals surface area contributed by atoms with E-state index in [2.05, 4.69) is 15.1 Å². The van der Waals surface area contributed by atoms with Gasteiger partial charge in [0.25, 0.3) is 0 Å². The predicted molar refractivity (Wildman–Crippen MR) is 65.9 cm³/mol. The molecule has 1 atom stereocenters. The second kappa shape index (κ2) is 5.37. The molecule has 5 nitrogen and oxygen atoms in total. The quantitative estimate of drug-likeness (QED) is 0.876. The molecule has 0 saturated carbocycles. The Kier molecular flexibility index (Phi) is 3.86. The first kappa shape index (κ1) is 12.2. The molecule has 0 radical (unpaired) electrons. The number of hydrogen-bond acceptors (Lipinski definition) is 6. The van der Waals surface area contributed by atoms with Gasteiger partial charge in [-0.25, -0.2) is 4.98 Å². The van der Waals surface area contributed by atoms with Gasteiger partial charge in [0.1, 0.15) is 0 Å². The number of thiazole rings is 1. The molecule has 2 aromatic heterocycles. The zero-order valence-corrected chi connectivity index (χ0v) is 10.8. The monoisotopic (exact) mass is 252 g/mol. The molecule has 0 aliphatic heterocycles. The van der Waals surface area contributed by atoms with Gasteiger partial charge in [-0.15, -0.1) is 11.3 Å². The maximum atomic E-state index is 5.83. The Morgan fingerprint density at radius 1 is 1.47 bits per heavy atom. The number of nitrogens with two attached hydrogens (primary N) is 1. The summed E-state index contributed by atoms with van der Waals surface area (Å²) in [5.41, 5.74) is 6.82. The van der Waals surface area contributed by atoms with Gasteiger partial charge in [-0.3, -0.25) is 0 Å². The summed E-state index contributed by atoms with van der Waals surface area (Å²) in [6, 6.07) is 0.0878. The summed E-state index contributed by atoms with van der Waals surface area (Å²) >= 11 is 1.63. The average molecular weight is 252 g/mol. The van der Waals surface area contributed by atoms with Crippen molar-refractivity contribution in [2.24, 2.45) is 5.73 Å². The lowest BCUT2D eigenvalue weighted by molar-refractivity contribution is 0.363. The van der Waals surface area contributed by atoms with Crippen molar-refractivity contribution in [1.29, 1.82) is 0 Å². The topological polar surface area (TPSA) is 77.8 Å². The third kappa shape index (κ3) is 3.34.